The number of carboxylic acid groups (broad SMARTS) is 2. The molecule has 1 saturated carbocycles. The van der Waals surface area contributed by atoms with Gasteiger partial charge in [0.15, 0.2) is 0 Å². The van der Waals surface area contributed by atoms with E-state index in [4.69, 9.17) is 10.2 Å². The van der Waals surface area contributed by atoms with Crippen LogP contribution in [0.2, 0.25) is 0 Å². The first-order chi connectivity index (χ1) is 9.49. The van der Waals surface area contributed by atoms with Crippen LogP contribution in [0.3, 0.4) is 0 Å². The molecule has 7 heteroatoms. The number of hydrogen-bond acceptors (Lipinski definition) is 3. The Morgan fingerprint density at radius 3 is 2.25 bits per heavy atom. The minimum Gasteiger partial charge on any atom is -0.480 e. The van der Waals surface area contributed by atoms with Crippen molar-refractivity contribution in [2.75, 3.05) is 13.1 Å². The van der Waals surface area contributed by atoms with Crippen LogP contribution in [0.25, 0.3) is 0 Å². The van der Waals surface area contributed by atoms with E-state index < -0.39 is 30.9 Å². The minimum absolute atomic E-state index is 0.250. The molecule has 1 aliphatic rings. The van der Waals surface area contributed by atoms with Crippen molar-refractivity contribution in [3.63, 3.8) is 0 Å². The second-order valence-corrected chi connectivity index (χ2v) is 4.83. The first-order valence-electron chi connectivity index (χ1n) is 6.38. The van der Waals surface area contributed by atoms with Crippen LogP contribution in [-0.2, 0) is 9.59 Å². The van der Waals surface area contributed by atoms with Crippen LogP contribution in [0.5, 0.6) is 0 Å². The molecule has 108 valence electrons. The smallest absolute Gasteiger partial charge is 0.323 e. The Balaban J connectivity index is 2.19. The van der Waals surface area contributed by atoms with E-state index in [1.165, 1.54) is 0 Å². The van der Waals surface area contributed by atoms with Crippen molar-refractivity contribution in [1.82, 2.24) is 9.47 Å². The molecule has 0 aromatic carbocycles. The molecule has 0 atom stereocenters. The zero-order valence-corrected chi connectivity index (χ0v) is 10.9. The normalized spacial score (nSPS) is 14.6. The van der Waals surface area contributed by atoms with E-state index in [1.807, 2.05) is 4.57 Å². The molecule has 1 aliphatic carbocycles. The Hall–Kier alpha value is -2.31. The topological polar surface area (TPSA) is 99.8 Å². The van der Waals surface area contributed by atoms with Crippen LogP contribution >= 0.6 is 0 Å². The van der Waals surface area contributed by atoms with E-state index in [9.17, 15) is 14.4 Å². The fraction of sp³-hybridized carbons (Fsp3) is 0.462. The molecule has 2 rings (SSSR count). The number of aliphatic carboxylic acids is 2. The highest BCUT2D eigenvalue weighted by atomic mass is 16.4. The molecule has 0 radical (unpaired) electrons. The lowest BCUT2D eigenvalue weighted by Crippen LogP contribution is -2.40. The van der Waals surface area contributed by atoms with Gasteiger partial charge in [-0.3, -0.25) is 14.4 Å². The standard InChI is InChI=1S/C13H16N2O5/c16-11(17)7-14(8-12(18)19)13(20)10-5-2-6-15(10)9-3-1-4-9/h2,5-6,9H,1,3-4,7-8H2,(H,16,17)(H,18,19). The van der Waals surface area contributed by atoms with Crippen LogP contribution in [-0.4, -0.2) is 50.6 Å². The molecule has 20 heavy (non-hydrogen) atoms. The molecular weight excluding hydrogens is 264 g/mol. The highest BCUT2D eigenvalue weighted by molar-refractivity contribution is 5.96. The number of carbonyl (C=O) groups excluding carboxylic acids is 1. The molecule has 1 fully saturated rings. The lowest BCUT2D eigenvalue weighted by molar-refractivity contribution is -0.140. The number of hydrogen-bond donors (Lipinski definition) is 2. The number of rotatable bonds is 6. The van der Waals surface area contributed by atoms with Crippen molar-refractivity contribution in [2.24, 2.45) is 0 Å². The van der Waals surface area contributed by atoms with E-state index in [2.05, 4.69) is 0 Å². The van der Waals surface area contributed by atoms with E-state index in [0.717, 1.165) is 24.2 Å². The van der Waals surface area contributed by atoms with Crippen molar-refractivity contribution in [3.8, 4) is 0 Å². The number of aromatic nitrogens is 1. The van der Waals surface area contributed by atoms with Gasteiger partial charge < -0.3 is 19.7 Å². The van der Waals surface area contributed by atoms with Crippen LogP contribution in [0.4, 0.5) is 0 Å². The summed E-state index contributed by atoms with van der Waals surface area (Å²) >= 11 is 0. The highest BCUT2D eigenvalue weighted by Crippen LogP contribution is 2.32. The van der Waals surface area contributed by atoms with Gasteiger partial charge in [0.05, 0.1) is 0 Å². The third kappa shape index (κ3) is 2.98. The summed E-state index contributed by atoms with van der Waals surface area (Å²) in [6, 6.07) is 3.56. The van der Waals surface area contributed by atoms with Crippen molar-refractivity contribution in [3.05, 3.63) is 24.0 Å². The summed E-state index contributed by atoms with van der Waals surface area (Å²) in [4.78, 5) is 34.7. The predicted molar refractivity (Wildman–Crippen MR) is 68.5 cm³/mol. The summed E-state index contributed by atoms with van der Waals surface area (Å²) in [6.07, 6.45) is 4.83. The second-order valence-electron chi connectivity index (χ2n) is 4.83. The molecule has 2 N–H and O–H groups in total. The van der Waals surface area contributed by atoms with Gasteiger partial charge in [0.1, 0.15) is 18.8 Å². The average Bonchev–Trinajstić information content (AvgIpc) is 2.72. The van der Waals surface area contributed by atoms with Crippen molar-refractivity contribution < 1.29 is 24.6 Å². The van der Waals surface area contributed by atoms with Gasteiger partial charge in [-0.05, 0) is 31.4 Å². The van der Waals surface area contributed by atoms with Gasteiger partial charge in [0.2, 0.25) is 0 Å². The Morgan fingerprint density at radius 1 is 1.20 bits per heavy atom. The van der Waals surface area contributed by atoms with E-state index in [-0.39, 0.29) is 6.04 Å². The molecule has 1 aromatic heterocycles. The monoisotopic (exact) mass is 280 g/mol. The molecule has 0 unspecified atom stereocenters. The lowest BCUT2D eigenvalue weighted by atomic mass is 9.93. The number of nitrogens with zero attached hydrogens (tertiary/aromatic N) is 2. The van der Waals surface area contributed by atoms with Crippen LogP contribution in [0, 0.1) is 0 Å². The first kappa shape index (κ1) is 14.1. The summed E-state index contributed by atoms with van der Waals surface area (Å²) in [5, 5.41) is 17.6. The maximum Gasteiger partial charge on any atom is 0.323 e. The van der Waals surface area contributed by atoms with E-state index in [0.29, 0.717) is 5.69 Å². The third-order valence-corrected chi connectivity index (χ3v) is 3.41. The first-order valence-corrected chi connectivity index (χ1v) is 6.38. The van der Waals surface area contributed by atoms with Gasteiger partial charge in [-0.1, -0.05) is 0 Å². The molecular formula is C13H16N2O5. The number of amides is 1. The summed E-state index contributed by atoms with van der Waals surface area (Å²) < 4.78 is 1.81. The van der Waals surface area contributed by atoms with Crippen LogP contribution < -0.4 is 0 Å². The quantitative estimate of drug-likeness (QED) is 0.803. The molecule has 0 saturated heterocycles. The Bertz CT molecular complexity index is 517. The van der Waals surface area contributed by atoms with Gasteiger partial charge in [-0.15, -0.1) is 0 Å². The van der Waals surface area contributed by atoms with E-state index in [1.54, 1.807) is 18.3 Å². The summed E-state index contributed by atoms with van der Waals surface area (Å²) in [5.41, 5.74) is 0.345. The average molecular weight is 280 g/mol. The zero-order valence-electron chi connectivity index (χ0n) is 10.9. The molecule has 7 nitrogen and oxygen atoms in total. The minimum atomic E-state index is -1.23. The Morgan fingerprint density at radius 2 is 1.80 bits per heavy atom. The van der Waals surface area contributed by atoms with Gasteiger partial charge in [0, 0.05) is 12.2 Å². The third-order valence-electron chi connectivity index (χ3n) is 3.41. The fourth-order valence-electron chi connectivity index (χ4n) is 2.25. The molecule has 1 amide bonds. The molecule has 1 heterocycles. The second kappa shape index (κ2) is 5.77. The Kier molecular flexibility index (Phi) is 4.07. The van der Waals surface area contributed by atoms with E-state index >= 15 is 0 Å². The largest absolute Gasteiger partial charge is 0.480 e. The van der Waals surface area contributed by atoms with Crippen LogP contribution in [0.1, 0.15) is 35.8 Å². The predicted octanol–water partition coefficient (Wildman–Crippen LogP) is 0.824. The summed E-state index contributed by atoms with van der Waals surface area (Å²) in [7, 11) is 0. The fourth-order valence-corrected chi connectivity index (χ4v) is 2.25. The van der Waals surface area contributed by atoms with Gasteiger partial charge in [-0.25, -0.2) is 0 Å². The SMILES string of the molecule is O=C(O)CN(CC(=O)O)C(=O)c1cccn1C1CCC1. The highest BCUT2D eigenvalue weighted by Gasteiger charge is 2.27. The lowest BCUT2D eigenvalue weighted by Gasteiger charge is -2.30. The van der Waals surface area contributed by atoms with Crippen molar-refractivity contribution in [2.45, 2.75) is 25.3 Å². The molecule has 0 bridgehead atoms. The maximum atomic E-state index is 12.3. The van der Waals surface area contributed by atoms with Gasteiger partial charge >= 0.3 is 11.9 Å². The molecule has 0 aliphatic heterocycles. The number of carbonyl (C=O) groups is 3. The van der Waals surface area contributed by atoms with Crippen molar-refractivity contribution in [1.29, 1.82) is 0 Å². The Labute approximate surface area is 115 Å². The van der Waals surface area contributed by atoms with Crippen molar-refractivity contribution >= 4 is 17.8 Å². The molecule has 1 aromatic rings. The van der Waals surface area contributed by atoms with Gasteiger partial charge in [-0.2, -0.15) is 0 Å². The maximum absolute atomic E-state index is 12.3. The van der Waals surface area contributed by atoms with Gasteiger partial charge in [0.25, 0.3) is 5.91 Å². The zero-order chi connectivity index (χ0) is 14.7. The number of carboxylic acids is 2. The molecule has 0 spiro atoms. The summed E-state index contributed by atoms with van der Waals surface area (Å²) in [6.45, 7) is -1.25. The summed E-state index contributed by atoms with van der Waals surface area (Å²) in [5.74, 6) is -3.03. The van der Waals surface area contributed by atoms with Crippen LogP contribution in [0.15, 0.2) is 18.3 Å².